The number of sulfonamides is 1. The van der Waals surface area contributed by atoms with Crippen molar-refractivity contribution < 1.29 is 27.6 Å². The van der Waals surface area contributed by atoms with Gasteiger partial charge in [0, 0.05) is 19.7 Å². The molecule has 3 N–H and O–H groups in total. The van der Waals surface area contributed by atoms with E-state index in [0.29, 0.717) is 14.3 Å². The Morgan fingerprint density at radius 1 is 1.00 bits per heavy atom. The molecular formula is C18H13Br2NO6S2. The lowest BCUT2D eigenvalue weighted by Gasteiger charge is -2.15. The number of halogens is 2. The molecule has 0 saturated heterocycles. The number of hydrogen-bond acceptors (Lipinski definition) is 5. The Morgan fingerprint density at radius 3 is 2.24 bits per heavy atom. The average Bonchev–Trinajstić information content (AvgIpc) is 2.63. The molecule has 152 valence electrons. The van der Waals surface area contributed by atoms with Crippen molar-refractivity contribution in [1.29, 1.82) is 0 Å². The fraction of sp³-hybridized carbons (Fsp3) is 0.0556. The van der Waals surface area contributed by atoms with E-state index in [1.54, 1.807) is 24.3 Å². The van der Waals surface area contributed by atoms with Crippen molar-refractivity contribution in [2.75, 3.05) is 10.5 Å². The molecule has 0 radical (unpaired) electrons. The topological polar surface area (TPSA) is 121 Å². The van der Waals surface area contributed by atoms with Gasteiger partial charge in [0.2, 0.25) is 0 Å². The number of aliphatic carboxylic acids is 1. The standard InChI is InChI=1S/C18H13Br2NO6S2/c19-10-1-4-12(5-2-10)29(26,27)21-15-8-16(28(25)9-17(22)23)18(24)13-6-3-11(20)7-14(13)15/h1-8,21,24H,9H2,(H,22,23). The zero-order chi connectivity index (χ0) is 21.3. The van der Waals surface area contributed by atoms with Crippen LogP contribution in [0.15, 0.2) is 67.3 Å². The minimum absolute atomic E-state index is 0.00475. The Bertz CT molecular complexity index is 1240. The number of benzene rings is 3. The van der Waals surface area contributed by atoms with Crippen molar-refractivity contribution in [3.63, 3.8) is 0 Å². The van der Waals surface area contributed by atoms with Crippen molar-refractivity contribution in [3.05, 3.63) is 57.5 Å². The molecule has 0 heterocycles. The first-order valence-corrected chi connectivity index (χ1v) is 12.3. The van der Waals surface area contributed by atoms with Crippen molar-refractivity contribution >= 4 is 75.1 Å². The SMILES string of the molecule is O=C(O)CS(=O)c1cc(NS(=O)(=O)c2ccc(Br)cc2)c2cc(Br)ccc2c1O. The van der Waals surface area contributed by atoms with Gasteiger partial charge in [-0.1, -0.05) is 31.9 Å². The highest BCUT2D eigenvalue weighted by Gasteiger charge is 2.22. The van der Waals surface area contributed by atoms with E-state index in [0.717, 1.165) is 0 Å². The summed E-state index contributed by atoms with van der Waals surface area (Å²) >= 11 is 6.54. The average molecular weight is 563 g/mol. The molecule has 0 aromatic heterocycles. The minimum Gasteiger partial charge on any atom is -0.506 e. The molecule has 29 heavy (non-hydrogen) atoms. The number of phenolic OH excluding ortho intramolecular Hbond substituents is 1. The molecule has 3 aromatic carbocycles. The Hall–Kier alpha value is -1.95. The molecule has 0 bridgehead atoms. The summed E-state index contributed by atoms with van der Waals surface area (Å²) in [5.74, 6) is -2.40. The number of phenols is 1. The van der Waals surface area contributed by atoms with Gasteiger partial charge < -0.3 is 10.2 Å². The molecule has 0 amide bonds. The first-order chi connectivity index (χ1) is 13.6. The van der Waals surface area contributed by atoms with E-state index in [4.69, 9.17) is 5.11 Å². The lowest BCUT2D eigenvalue weighted by atomic mass is 10.1. The van der Waals surface area contributed by atoms with Crippen LogP contribution < -0.4 is 4.72 Å². The lowest BCUT2D eigenvalue weighted by Crippen LogP contribution is -2.14. The molecule has 0 fully saturated rings. The number of anilines is 1. The largest absolute Gasteiger partial charge is 0.506 e. The lowest BCUT2D eigenvalue weighted by molar-refractivity contribution is -0.133. The second kappa shape index (κ2) is 8.42. The van der Waals surface area contributed by atoms with Crippen LogP contribution in [0.1, 0.15) is 0 Å². The van der Waals surface area contributed by atoms with E-state index in [2.05, 4.69) is 36.6 Å². The second-order valence-electron chi connectivity index (χ2n) is 5.90. The molecule has 0 aliphatic heterocycles. The summed E-state index contributed by atoms with van der Waals surface area (Å²) in [4.78, 5) is 10.8. The van der Waals surface area contributed by atoms with Crippen LogP contribution in [0.25, 0.3) is 10.8 Å². The smallest absolute Gasteiger partial charge is 0.316 e. The Balaban J connectivity index is 2.18. The van der Waals surface area contributed by atoms with E-state index < -0.39 is 32.5 Å². The Morgan fingerprint density at radius 2 is 1.62 bits per heavy atom. The summed E-state index contributed by atoms with van der Waals surface area (Å²) in [6.45, 7) is 0. The van der Waals surface area contributed by atoms with Crippen LogP contribution in [0.3, 0.4) is 0 Å². The maximum Gasteiger partial charge on any atom is 0.316 e. The maximum absolute atomic E-state index is 12.8. The number of rotatable bonds is 6. The quantitative estimate of drug-likeness (QED) is 0.389. The van der Waals surface area contributed by atoms with Crippen molar-refractivity contribution in [1.82, 2.24) is 0 Å². The molecule has 0 saturated carbocycles. The van der Waals surface area contributed by atoms with Gasteiger partial charge in [-0.25, -0.2) is 8.42 Å². The fourth-order valence-corrected chi connectivity index (χ4v) is 5.27. The summed E-state index contributed by atoms with van der Waals surface area (Å²) in [7, 11) is -6.07. The molecule has 1 atom stereocenters. The molecule has 0 aliphatic carbocycles. The highest BCUT2D eigenvalue weighted by Crippen LogP contribution is 2.38. The first-order valence-electron chi connectivity index (χ1n) is 7.92. The van der Waals surface area contributed by atoms with Gasteiger partial charge >= 0.3 is 5.97 Å². The van der Waals surface area contributed by atoms with Crippen molar-refractivity contribution in [2.45, 2.75) is 9.79 Å². The number of nitrogens with one attached hydrogen (secondary N) is 1. The van der Waals surface area contributed by atoms with Crippen LogP contribution in [0.4, 0.5) is 5.69 Å². The van der Waals surface area contributed by atoms with Gasteiger partial charge in [0.15, 0.2) is 0 Å². The van der Waals surface area contributed by atoms with Gasteiger partial charge in [-0.15, -0.1) is 0 Å². The third kappa shape index (κ3) is 4.80. The number of hydrogen-bond donors (Lipinski definition) is 3. The summed E-state index contributed by atoms with van der Waals surface area (Å²) in [5, 5.41) is 20.0. The molecule has 11 heteroatoms. The van der Waals surface area contributed by atoms with E-state index >= 15 is 0 Å². The molecular weight excluding hydrogens is 550 g/mol. The Labute approximate surface area is 185 Å². The predicted octanol–water partition coefficient (Wildman–Crippen LogP) is 4.06. The van der Waals surface area contributed by atoms with Crippen molar-refractivity contribution in [3.8, 4) is 5.75 Å². The van der Waals surface area contributed by atoms with Gasteiger partial charge in [-0.3, -0.25) is 13.7 Å². The highest BCUT2D eigenvalue weighted by atomic mass is 79.9. The van der Waals surface area contributed by atoms with Crippen LogP contribution in [-0.2, 0) is 25.6 Å². The minimum atomic E-state index is -4.00. The van der Waals surface area contributed by atoms with Gasteiger partial charge in [-0.05, 0) is 48.5 Å². The van der Waals surface area contributed by atoms with Crippen molar-refractivity contribution in [2.24, 2.45) is 0 Å². The van der Waals surface area contributed by atoms with Gasteiger partial charge in [-0.2, -0.15) is 0 Å². The molecule has 7 nitrogen and oxygen atoms in total. The van der Waals surface area contributed by atoms with Crippen LogP contribution in [0, 0.1) is 0 Å². The summed E-state index contributed by atoms with van der Waals surface area (Å²) in [6, 6.07) is 11.9. The third-order valence-corrected chi connectivity index (χ3v) is 7.62. The zero-order valence-electron chi connectivity index (χ0n) is 14.4. The summed E-state index contributed by atoms with van der Waals surface area (Å²) in [6.07, 6.45) is 0. The molecule has 0 aliphatic rings. The van der Waals surface area contributed by atoms with E-state index in [1.807, 2.05) is 0 Å². The summed E-state index contributed by atoms with van der Waals surface area (Å²) in [5.41, 5.74) is 0.0655. The zero-order valence-corrected chi connectivity index (χ0v) is 19.2. The van der Waals surface area contributed by atoms with E-state index in [9.17, 15) is 22.5 Å². The second-order valence-corrected chi connectivity index (χ2v) is 10.8. The van der Waals surface area contributed by atoms with Crippen LogP contribution in [0.5, 0.6) is 5.75 Å². The van der Waals surface area contributed by atoms with Crippen LogP contribution in [0.2, 0.25) is 0 Å². The molecule has 3 aromatic rings. The fourth-order valence-electron chi connectivity index (χ4n) is 2.62. The normalized spacial score (nSPS) is 12.6. The number of carbonyl (C=O) groups is 1. The predicted molar refractivity (Wildman–Crippen MR) is 117 cm³/mol. The van der Waals surface area contributed by atoms with Gasteiger partial charge in [0.25, 0.3) is 10.0 Å². The Kier molecular flexibility index (Phi) is 6.32. The van der Waals surface area contributed by atoms with Crippen LogP contribution in [-0.4, -0.2) is 34.6 Å². The monoisotopic (exact) mass is 561 g/mol. The molecule has 0 spiro atoms. The summed E-state index contributed by atoms with van der Waals surface area (Å²) < 4.78 is 41.8. The first kappa shape index (κ1) is 21.8. The maximum atomic E-state index is 12.8. The number of carboxylic acids is 1. The highest BCUT2D eigenvalue weighted by molar-refractivity contribution is 9.10. The van der Waals surface area contributed by atoms with E-state index in [-0.39, 0.29) is 26.6 Å². The molecule has 1 unspecified atom stereocenters. The number of carboxylic acid groups (broad SMARTS) is 1. The third-order valence-electron chi connectivity index (χ3n) is 3.90. The van der Waals surface area contributed by atoms with E-state index in [1.165, 1.54) is 24.3 Å². The number of fused-ring (bicyclic) bond motifs is 1. The van der Waals surface area contributed by atoms with Gasteiger partial charge in [0.1, 0.15) is 11.5 Å². The number of aromatic hydroxyl groups is 1. The molecule has 3 rings (SSSR count). The van der Waals surface area contributed by atoms with Gasteiger partial charge in [0.05, 0.1) is 26.3 Å². The van der Waals surface area contributed by atoms with Crippen LogP contribution >= 0.6 is 31.9 Å².